The maximum Gasteiger partial charge on any atom is 0.472 e. The highest BCUT2D eigenvalue weighted by atomic mass is 31.2. The Morgan fingerprint density at radius 3 is 1.31 bits per heavy atom. The van der Waals surface area contributed by atoms with Gasteiger partial charge in [-0.3, -0.25) is 18.6 Å². The van der Waals surface area contributed by atoms with E-state index >= 15 is 0 Å². The number of carbonyl (C=O) groups excluding carboxylic acids is 2. The van der Waals surface area contributed by atoms with Crippen molar-refractivity contribution in [2.24, 2.45) is 0 Å². The Balaban J connectivity index is 3.88. The number of carbonyl (C=O) groups is 3. The molecule has 0 aliphatic rings. The molecule has 0 spiro atoms. The first-order chi connectivity index (χ1) is 31.1. The number of phosphoric ester groups is 1. The minimum absolute atomic E-state index is 0.0670. The van der Waals surface area contributed by atoms with E-state index in [1.54, 1.807) is 0 Å². The molecule has 0 radical (unpaired) electrons. The molecule has 1 amide bonds. The summed E-state index contributed by atoms with van der Waals surface area (Å²) < 4.78 is 26.9. The SMILES string of the molecule is CCCCC/C=C\C/C=C\C/C=C\C/C=C\CCCC(=O)NC(COP(=O)(O)OCC(O)COC(=O)CCCCCCCCCCCCCCC/C=C\C/C=C\CCCCC)C(=O)O. The van der Waals surface area contributed by atoms with Crippen molar-refractivity contribution in [2.75, 3.05) is 19.8 Å². The minimum Gasteiger partial charge on any atom is -0.480 e. The van der Waals surface area contributed by atoms with E-state index in [1.807, 2.05) is 12.2 Å². The van der Waals surface area contributed by atoms with E-state index in [-0.39, 0.29) is 12.8 Å². The Bertz CT molecular complexity index is 1360. The zero-order chi connectivity index (χ0) is 47.0. The van der Waals surface area contributed by atoms with Crippen LogP contribution in [0.5, 0.6) is 0 Å². The fourth-order valence-electron chi connectivity index (χ4n) is 6.57. The Kier molecular flexibility index (Phi) is 44.2. The van der Waals surface area contributed by atoms with Crippen LogP contribution in [-0.4, -0.2) is 64.9 Å². The molecular formula is C52H90NO10P. The van der Waals surface area contributed by atoms with E-state index in [0.29, 0.717) is 19.3 Å². The number of hydrogen-bond donors (Lipinski definition) is 4. The van der Waals surface area contributed by atoms with Crippen LogP contribution in [0.2, 0.25) is 0 Å². The summed E-state index contributed by atoms with van der Waals surface area (Å²) in [6.45, 7) is 2.51. The summed E-state index contributed by atoms with van der Waals surface area (Å²) in [5.74, 6) is -2.45. The standard InChI is InChI=1S/C52H90NO10P/c1-3-5-7-9-11-13-15-17-19-21-22-23-24-25-26-28-30-32-34-36-38-40-42-44-51(56)61-45-48(54)46-62-64(59,60)63-47-49(52(57)58)53-50(55)43-41-39-37-35-33-31-29-27-20-18-16-14-12-10-8-6-4-2/h11-14,17-20,29,31,35,37,48-49,54H,3-10,15-16,21-28,30,32-34,36,38-47H2,1-2H3,(H,53,55)(H,57,58)(H,59,60)/b13-11-,14-12-,19-17-,20-18-,31-29-,37-35-. The molecule has 0 aromatic heterocycles. The number of hydrogen-bond acceptors (Lipinski definition) is 8. The van der Waals surface area contributed by atoms with Gasteiger partial charge < -0.3 is 25.2 Å². The number of esters is 1. The summed E-state index contributed by atoms with van der Waals surface area (Å²) in [7, 11) is -4.78. The van der Waals surface area contributed by atoms with E-state index in [2.05, 4.69) is 79.9 Å². The molecule has 0 saturated heterocycles. The normalized spacial score (nSPS) is 14.2. The highest BCUT2D eigenvalue weighted by Crippen LogP contribution is 2.43. The van der Waals surface area contributed by atoms with Crippen LogP contribution in [0.15, 0.2) is 72.9 Å². The Hall–Kier alpha value is -3.08. The molecule has 12 heteroatoms. The molecule has 0 bridgehead atoms. The summed E-state index contributed by atoms with van der Waals surface area (Å²) in [6.07, 6.45) is 56.5. The van der Waals surface area contributed by atoms with Crippen LogP contribution in [0.1, 0.15) is 206 Å². The molecule has 3 atom stereocenters. The molecular weight excluding hydrogens is 830 g/mol. The molecule has 0 heterocycles. The van der Waals surface area contributed by atoms with Crippen molar-refractivity contribution in [1.82, 2.24) is 5.32 Å². The van der Waals surface area contributed by atoms with Crippen LogP contribution in [0.3, 0.4) is 0 Å². The van der Waals surface area contributed by atoms with Gasteiger partial charge in [0.05, 0.1) is 13.2 Å². The molecule has 3 unspecified atom stereocenters. The number of carboxylic acid groups (broad SMARTS) is 1. The van der Waals surface area contributed by atoms with E-state index in [9.17, 15) is 34.1 Å². The molecule has 0 aliphatic heterocycles. The molecule has 368 valence electrons. The summed E-state index contributed by atoms with van der Waals surface area (Å²) in [5, 5.41) is 21.9. The second-order valence-electron chi connectivity index (χ2n) is 16.6. The van der Waals surface area contributed by atoms with Crippen molar-refractivity contribution in [1.29, 1.82) is 0 Å². The summed E-state index contributed by atoms with van der Waals surface area (Å²) in [4.78, 5) is 46.0. The number of phosphoric acid groups is 1. The maximum atomic E-state index is 12.3. The summed E-state index contributed by atoms with van der Waals surface area (Å²) in [6, 6.07) is -1.58. The lowest BCUT2D eigenvalue weighted by atomic mass is 10.0. The van der Waals surface area contributed by atoms with Crippen molar-refractivity contribution < 1.29 is 47.8 Å². The third kappa shape index (κ3) is 45.5. The van der Waals surface area contributed by atoms with E-state index in [0.717, 1.165) is 51.4 Å². The van der Waals surface area contributed by atoms with Gasteiger partial charge in [0, 0.05) is 12.8 Å². The number of unbranched alkanes of at least 4 members (excludes halogenated alkanes) is 20. The van der Waals surface area contributed by atoms with Crippen molar-refractivity contribution in [3.63, 3.8) is 0 Å². The Morgan fingerprint density at radius 2 is 0.875 bits per heavy atom. The van der Waals surface area contributed by atoms with Crippen LogP contribution in [0, 0.1) is 0 Å². The third-order valence-corrected chi connectivity index (χ3v) is 11.4. The van der Waals surface area contributed by atoms with E-state index in [1.165, 1.54) is 109 Å². The van der Waals surface area contributed by atoms with Crippen LogP contribution >= 0.6 is 7.82 Å². The largest absolute Gasteiger partial charge is 0.480 e. The number of nitrogens with one attached hydrogen (secondary N) is 1. The fourth-order valence-corrected chi connectivity index (χ4v) is 7.35. The fraction of sp³-hybridized carbons (Fsp3) is 0.712. The predicted molar refractivity (Wildman–Crippen MR) is 263 cm³/mol. The van der Waals surface area contributed by atoms with Crippen LogP contribution in [0.4, 0.5) is 0 Å². The summed E-state index contributed by atoms with van der Waals surface area (Å²) in [5.41, 5.74) is 0. The molecule has 0 aliphatic carbocycles. The number of rotatable bonds is 46. The zero-order valence-electron chi connectivity index (χ0n) is 40.1. The molecule has 0 aromatic rings. The average Bonchev–Trinajstić information content (AvgIpc) is 3.27. The number of aliphatic hydroxyl groups is 1. The lowest BCUT2D eigenvalue weighted by molar-refractivity contribution is -0.147. The second-order valence-corrected chi connectivity index (χ2v) is 18.1. The first kappa shape index (κ1) is 60.9. The predicted octanol–water partition coefficient (Wildman–Crippen LogP) is 13.7. The average molecular weight is 920 g/mol. The van der Waals surface area contributed by atoms with Crippen LogP contribution < -0.4 is 5.32 Å². The van der Waals surface area contributed by atoms with Gasteiger partial charge in [0.1, 0.15) is 12.7 Å². The Labute approximate surface area is 389 Å². The van der Waals surface area contributed by atoms with Gasteiger partial charge in [-0.15, -0.1) is 0 Å². The lowest BCUT2D eigenvalue weighted by Crippen LogP contribution is -2.43. The van der Waals surface area contributed by atoms with Crippen LogP contribution in [-0.2, 0) is 32.7 Å². The molecule has 0 aromatic carbocycles. The topological polar surface area (TPSA) is 169 Å². The quantitative estimate of drug-likeness (QED) is 0.0200. The van der Waals surface area contributed by atoms with Crippen molar-refractivity contribution in [3.05, 3.63) is 72.9 Å². The first-order valence-corrected chi connectivity index (χ1v) is 26.5. The number of aliphatic carboxylic acids is 1. The number of carboxylic acids is 1. The van der Waals surface area contributed by atoms with Gasteiger partial charge in [0.2, 0.25) is 5.91 Å². The zero-order valence-corrected chi connectivity index (χ0v) is 41.0. The second kappa shape index (κ2) is 46.4. The van der Waals surface area contributed by atoms with E-state index < -0.39 is 57.6 Å². The smallest absolute Gasteiger partial charge is 0.472 e. The number of aliphatic hydroxyl groups excluding tert-OH is 1. The molecule has 64 heavy (non-hydrogen) atoms. The van der Waals surface area contributed by atoms with Crippen molar-refractivity contribution in [2.45, 2.75) is 219 Å². The Morgan fingerprint density at radius 1 is 0.500 bits per heavy atom. The van der Waals surface area contributed by atoms with Gasteiger partial charge in [-0.1, -0.05) is 183 Å². The molecule has 11 nitrogen and oxygen atoms in total. The van der Waals surface area contributed by atoms with Crippen molar-refractivity contribution >= 4 is 25.7 Å². The number of amides is 1. The van der Waals surface area contributed by atoms with Crippen molar-refractivity contribution in [3.8, 4) is 0 Å². The lowest BCUT2D eigenvalue weighted by Gasteiger charge is -2.18. The molecule has 0 fully saturated rings. The minimum atomic E-state index is -4.78. The highest BCUT2D eigenvalue weighted by Gasteiger charge is 2.28. The van der Waals surface area contributed by atoms with Gasteiger partial charge in [0.15, 0.2) is 6.04 Å². The van der Waals surface area contributed by atoms with E-state index in [4.69, 9.17) is 13.8 Å². The number of ether oxygens (including phenoxy) is 1. The molecule has 0 rings (SSSR count). The number of allylic oxidation sites excluding steroid dienone is 12. The van der Waals surface area contributed by atoms with Gasteiger partial charge in [-0.2, -0.15) is 0 Å². The van der Waals surface area contributed by atoms with Gasteiger partial charge in [-0.25, -0.2) is 9.36 Å². The molecule has 0 saturated carbocycles. The third-order valence-electron chi connectivity index (χ3n) is 10.5. The summed E-state index contributed by atoms with van der Waals surface area (Å²) >= 11 is 0. The van der Waals surface area contributed by atoms with Gasteiger partial charge >= 0.3 is 19.8 Å². The molecule has 4 N–H and O–H groups in total. The first-order valence-electron chi connectivity index (χ1n) is 25.0. The monoisotopic (exact) mass is 920 g/mol. The maximum absolute atomic E-state index is 12.3. The van der Waals surface area contributed by atoms with Gasteiger partial charge in [0.25, 0.3) is 0 Å². The van der Waals surface area contributed by atoms with Gasteiger partial charge in [-0.05, 0) is 83.5 Å². The van der Waals surface area contributed by atoms with Crippen LogP contribution in [0.25, 0.3) is 0 Å². The highest BCUT2D eigenvalue weighted by molar-refractivity contribution is 7.47.